The molecule has 0 aliphatic carbocycles. The third kappa shape index (κ3) is 2.64. The minimum absolute atomic E-state index is 0.238. The van der Waals surface area contributed by atoms with Crippen molar-refractivity contribution in [2.75, 3.05) is 0 Å². The van der Waals surface area contributed by atoms with Crippen LogP contribution in [0.25, 0.3) is 10.8 Å². The number of hydrogen-bond donors (Lipinski definition) is 1. The monoisotopic (exact) mass is 228 g/mol. The number of fused-ring (bicyclic) bond motifs is 1. The van der Waals surface area contributed by atoms with Crippen LogP contribution in [0, 0.1) is 6.92 Å². The van der Waals surface area contributed by atoms with E-state index in [4.69, 9.17) is 5.11 Å². The van der Waals surface area contributed by atoms with Crippen LogP contribution < -0.4 is 0 Å². The van der Waals surface area contributed by atoms with Crippen molar-refractivity contribution in [3.8, 4) is 0 Å². The fourth-order valence-electron chi connectivity index (χ4n) is 2.16. The Labute approximate surface area is 101 Å². The van der Waals surface area contributed by atoms with E-state index in [1.165, 1.54) is 21.9 Å². The van der Waals surface area contributed by atoms with Crippen LogP contribution in [0.4, 0.5) is 0 Å². The molecule has 0 radical (unpaired) electrons. The highest BCUT2D eigenvalue weighted by Gasteiger charge is 2.04. The normalized spacial score (nSPS) is 10.6. The van der Waals surface area contributed by atoms with Crippen LogP contribution in [-0.2, 0) is 11.2 Å². The first-order valence-electron chi connectivity index (χ1n) is 5.87. The lowest BCUT2D eigenvalue weighted by molar-refractivity contribution is -0.137. The molecule has 0 atom stereocenters. The van der Waals surface area contributed by atoms with Crippen molar-refractivity contribution in [1.82, 2.24) is 0 Å². The SMILES string of the molecule is Cc1ccc(CCCC(=O)O)c2ccccc12. The highest BCUT2D eigenvalue weighted by Crippen LogP contribution is 2.23. The summed E-state index contributed by atoms with van der Waals surface area (Å²) < 4.78 is 0. The van der Waals surface area contributed by atoms with E-state index in [2.05, 4.69) is 31.2 Å². The van der Waals surface area contributed by atoms with E-state index in [0.717, 1.165) is 6.42 Å². The first-order valence-corrected chi connectivity index (χ1v) is 5.87. The average molecular weight is 228 g/mol. The van der Waals surface area contributed by atoms with E-state index in [1.807, 2.05) is 12.1 Å². The van der Waals surface area contributed by atoms with Crippen molar-refractivity contribution < 1.29 is 9.90 Å². The second-order valence-corrected chi connectivity index (χ2v) is 4.33. The van der Waals surface area contributed by atoms with Crippen LogP contribution in [0.2, 0.25) is 0 Å². The first kappa shape index (κ1) is 11.6. The average Bonchev–Trinajstić information content (AvgIpc) is 2.32. The quantitative estimate of drug-likeness (QED) is 0.868. The molecule has 0 saturated heterocycles. The molecule has 0 amide bonds. The maximum Gasteiger partial charge on any atom is 0.303 e. The summed E-state index contributed by atoms with van der Waals surface area (Å²) >= 11 is 0. The van der Waals surface area contributed by atoms with Gasteiger partial charge in [-0.25, -0.2) is 0 Å². The summed E-state index contributed by atoms with van der Waals surface area (Å²) in [5.41, 5.74) is 2.51. The third-order valence-electron chi connectivity index (χ3n) is 3.07. The van der Waals surface area contributed by atoms with Gasteiger partial charge in [-0.05, 0) is 41.7 Å². The largest absolute Gasteiger partial charge is 0.481 e. The van der Waals surface area contributed by atoms with Crippen LogP contribution in [0.1, 0.15) is 24.0 Å². The molecule has 0 saturated carbocycles. The molecular formula is C15H16O2. The molecule has 0 aliphatic rings. The Morgan fingerprint density at radius 2 is 1.82 bits per heavy atom. The van der Waals surface area contributed by atoms with Gasteiger partial charge in [0.25, 0.3) is 0 Å². The zero-order valence-electron chi connectivity index (χ0n) is 9.94. The molecule has 88 valence electrons. The van der Waals surface area contributed by atoms with Crippen molar-refractivity contribution in [3.05, 3.63) is 47.5 Å². The van der Waals surface area contributed by atoms with Gasteiger partial charge in [-0.3, -0.25) is 4.79 Å². The summed E-state index contributed by atoms with van der Waals surface area (Å²) in [6, 6.07) is 12.5. The molecule has 2 heteroatoms. The Morgan fingerprint density at radius 1 is 1.12 bits per heavy atom. The highest BCUT2D eigenvalue weighted by atomic mass is 16.4. The van der Waals surface area contributed by atoms with Gasteiger partial charge in [-0.1, -0.05) is 36.4 Å². The van der Waals surface area contributed by atoms with Crippen molar-refractivity contribution >= 4 is 16.7 Å². The molecule has 0 aromatic heterocycles. The molecule has 2 aromatic rings. The van der Waals surface area contributed by atoms with Gasteiger partial charge in [0, 0.05) is 6.42 Å². The van der Waals surface area contributed by atoms with Crippen LogP contribution in [0.5, 0.6) is 0 Å². The van der Waals surface area contributed by atoms with E-state index in [-0.39, 0.29) is 6.42 Å². The predicted octanol–water partition coefficient (Wildman–Crippen LogP) is 3.56. The predicted molar refractivity (Wildman–Crippen MR) is 69.3 cm³/mol. The zero-order valence-corrected chi connectivity index (χ0v) is 9.94. The third-order valence-corrected chi connectivity index (χ3v) is 3.07. The molecule has 2 nitrogen and oxygen atoms in total. The summed E-state index contributed by atoms with van der Waals surface area (Å²) in [6.07, 6.45) is 1.76. The summed E-state index contributed by atoms with van der Waals surface area (Å²) in [5.74, 6) is -0.721. The van der Waals surface area contributed by atoms with Crippen molar-refractivity contribution in [1.29, 1.82) is 0 Å². The fourth-order valence-corrected chi connectivity index (χ4v) is 2.16. The topological polar surface area (TPSA) is 37.3 Å². The van der Waals surface area contributed by atoms with Gasteiger partial charge in [-0.2, -0.15) is 0 Å². The number of carboxylic acids is 1. The van der Waals surface area contributed by atoms with E-state index < -0.39 is 5.97 Å². The molecule has 1 N–H and O–H groups in total. The molecule has 0 bridgehead atoms. The van der Waals surface area contributed by atoms with E-state index in [1.54, 1.807) is 0 Å². The molecule has 0 spiro atoms. The van der Waals surface area contributed by atoms with E-state index in [0.29, 0.717) is 6.42 Å². The molecule has 0 aliphatic heterocycles. The number of carboxylic acid groups (broad SMARTS) is 1. The Balaban J connectivity index is 2.28. The van der Waals surface area contributed by atoms with E-state index in [9.17, 15) is 4.79 Å². The van der Waals surface area contributed by atoms with Crippen molar-refractivity contribution in [2.45, 2.75) is 26.2 Å². The zero-order chi connectivity index (χ0) is 12.3. The molecular weight excluding hydrogens is 212 g/mol. The Morgan fingerprint density at radius 3 is 2.53 bits per heavy atom. The van der Waals surface area contributed by atoms with Crippen LogP contribution in [-0.4, -0.2) is 11.1 Å². The lowest BCUT2D eigenvalue weighted by atomic mass is 9.97. The molecule has 2 aromatic carbocycles. The summed E-state index contributed by atoms with van der Waals surface area (Å²) in [4.78, 5) is 10.5. The van der Waals surface area contributed by atoms with Gasteiger partial charge >= 0.3 is 5.97 Å². The molecule has 0 heterocycles. The maximum absolute atomic E-state index is 10.5. The standard InChI is InChI=1S/C15H16O2/c1-11-9-10-12(5-4-8-15(16)17)14-7-3-2-6-13(11)14/h2-3,6-7,9-10H,4-5,8H2,1H3,(H,16,17). The minimum Gasteiger partial charge on any atom is -0.481 e. The van der Waals surface area contributed by atoms with Gasteiger partial charge in [-0.15, -0.1) is 0 Å². The molecule has 0 fully saturated rings. The summed E-state index contributed by atoms with van der Waals surface area (Å²) in [6.45, 7) is 2.10. The Bertz CT molecular complexity index is 544. The first-order chi connectivity index (χ1) is 8.18. The van der Waals surface area contributed by atoms with Gasteiger partial charge < -0.3 is 5.11 Å². The molecule has 2 rings (SSSR count). The molecule has 17 heavy (non-hydrogen) atoms. The smallest absolute Gasteiger partial charge is 0.303 e. The highest BCUT2D eigenvalue weighted by molar-refractivity contribution is 5.88. The van der Waals surface area contributed by atoms with Gasteiger partial charge in [0.1, 0.15) is 0 Å². The van der Waals surface area contributed by atoms with E-state index >= 15 is 0 Å². The number of aryl methyl sites for hydroxylation is 2. The van der Waals surface area contributed by atoms with Gasteiger partial charge in [0.05, 0.1) is 0 Å². The second-order valence-electron chi connectivity index (χ2n) is 4.33. The van der Waals surface area contributed by atoms with Crippen molar-refractivity contribution in [3.63, 3.8) is 0 Å². The molecule has 0 unspecified atom stereocenters. The lowest BCUT2D eigenvalue weighted by Gasteiger charge is -2.08. The number of carbonyl (C=O) groups is 1. The van der Waals surface area contributed by atoms with Gasteiger partial charge in [0.2, 0.25) is 0 Å². The Kier molecular flexibility index (Phi) is 3.43. The summed E-state index contributed by atoms with van der Waals surface area (Å²) in [7, 11) is 0. The lowest BCUT2D eigenvalue weighted by Crippen LogP contribution is -1.96. The summed E-state index contributed by atoms with van der Waals surface area (Å²) in [5, 5.41) is 11.2. The Hall–Kier alpha value is -1.83. The number of aliphatic carboxylic acids is 1. The number of benzene rings is 2. The fraction of sp³-hybridized carbons (Fsp3) is 0.267. The van der Waals surface area contributed by atoms with Crippen LogP contribution in [0.3, 0.4) is 0 Å². The maximum atomic E-state index is 10.5. The van der Waals surface area contributed by atoms with Crippen LogP contribution in [0.15, 0.2) is 36.4 Å². The minimum atomic E-state index is -0.721. The number of hydrogen-bond acceptors (Lipinski definition) is 1. The van der Waals surface area contributed by atoms with Crippen molar-refractivity contribution in [2.24, 2.45) is 0 Å². The van der Waals surface area contributed by atoms with Crippen LogP contribution >= 0.6 is 0 Å². The van der Waals surface area contributed by atoms with Gasteiger partial charge in [0.15, 0.2) is 0 Å². The number of rotatable bonds is 4. The second kappa shape index (κ2) is 5.00.